The number of aliphatic imine (C=N–C) groups is 1. The van der Waals surface area contributed by atoms with Crippen LogP contribution in [-0.2, 0) is 14.4 Å². The standard InChI is InChI=1S/C20H17FN8O7S3.Na/c21-3-4-36-28-9(6-5-37-18(22)23-6)13(30)24-10-7-1-2-8(12(17(33)34)29(7)16(10)32)38-20-25-11-14(31)26-19(35)27-15(11)39-20;/h5,7,10H,1-4H2,(H2,22,23)(H,24,30)(H,33,34)(H2,26,27,31,35);/q;+1/p-1/b28-9+;/t7-,10+;/m1./s1. The predicted octanol–water partition coefficient (Wildman–Crippen LogP) is -3.37. The number of carboxylic acids is 1. The molecule has 20 heteroatoms. The number of thiazole rings is 2. The molecular weight excluding hydrogens is 602 g/mol. The zero-order valence-corrected chi connectivity index (χ0v) is 24.8. The smallest absolute Gasteiger partial charge is 0.857 e. The Balaban J connectivity index is 0.00000370. The number of oxime groups is 1. The first-order chi connectivity index (χ1) is 18.7. The van der Waals surface area contributed by atoms with Crippen LogP contribution < -0.4 is 51.6 Å². The quantitative estimate of drug-likeness (QED) is 0.0461. The molecule has 15 nitrogen and oxygen atoms in total. The number of aromatic amines is 2. The second kappa shape index (κ2) is 12.2. The van der Waals surface area contributed by atoms with E-state index in [9.17, 15) is 33.8 Å². The number of nitrogens with two attached hydrogens (primary N) is 1. The van der Waals surface area contributed by atoms with Gasteiger partial charge in [0.25, 0.3) is 11.5 Å². The Hall–Kier alpha value is -3.10. The Morgan fingerprint density at radius 3 is 2.80 bits per heavy atom. The molecule has 1 saturated heterocycles. The van der Waals surface area contributed by atoms with Crippen LogP contribution in [0.5, 0.6) is 0 Å². The van der Waals surface area contributed by atoms with Gasteiger partial charge in [-0.2, -0.15) is 0 Å². The molecule has 0 aliphatic carbocycles. The molecule has 1 amide bonds. The fraction of sp³-hybridized carbons (Fsp3) is 0.300. The number of nitrogen functional groups attached to an aromatic ring is 1. The summed E-state index contributed by atoms with van der Waals surface area (Å²) >= 11 is 2.99. The molecule has 5 heterocycles. The summed E-state index contributed by atoms with van der Waals surface area (Å²) in [7, 11) is 0. The third kappa shape index (κ3) is 5.70. The van der Waals surface area contributed by atoms with Crippen LogP contribution in [0.4, 0.5) is 9.52 Å². The topological polar surface area (TPSA) is 232 Å². The van der Waals surface area contributed by atoms with Gasteiger partial charge in [0.2, 0.25) is 0 Å². The number of alkyl halides is 1. The molecule has 3 aromatic rings. The van der Waals surface area contributed by atoms with E-state index in [1.165, 1.54) is 5.38 Å². The molecule has 2 aliphatic rings. The molecule has 0 unspecified atom stereocenters. The molecule has 0 spiro atoms. The Morgan fingerprint density at radius 1 is 1.35 bits per heavy atom. The molecule has 0 bridgehead atoms. The summed E-state index contributed by atoms with van der Waals surface area (Å²) in [5, 5.41) is 28.0. The Kier molecular flexibility index (Phi) is 9.10. The number of carbonyl (C=O) groups excluding carboxylic acids is 1. The number of aliphatic carboxylic acids is 1. The van der Waals surface area contributed by atoms with Crippen LogP contribution in [0.1, 0.15) is 18.5 Å². The van der Waals surface area contributed by atoms with Crippen LogP contribution in [0, 0.1) is 0 Å². The summed E-state index contributed by atoms with van der Waals surface area (Å²) in [5.74, 6) is -3.03. The number of fused-ring (bicyclic) bond motifs is 2. The molecule has 0 saturated carbocycles. The van der Waals surface area contributed by atoms with Crippen LogP contribution in [-0.4, -0.2) is 78.8 Å². The summed E-state index contributed by atoms with van der Waals surface area (Å²) in [6.45, 7) is -1.27. The van der Waals surface area contributed by atoms with E-state index < -0.39 is 54.4 Å². The second-order valence-corrected chi connectivity index (χ2v) is 11.2. The number of amides is 1. The molecule has 0 radical (unpaired) electrons. The zero-order chi connectivity index (χ0) is 27.8. The van der Waals surface area contributed by atoms with Crippen LogP contribution in [0.3, 0.4) is 0 Å². The van der Waals surface area contributed by atoms with Crippen molar-refractivity contribution in [2.45, 2.75) is 29.3 Å². The van der Waals surface area contributed by atoms with Crippen LogP contribution in [0.2, 0.25) is 0 Å². The molecule has 204 valence electrons. The van der Waals surface area contributed by atoms with Crippen LogP contribution >= 0.6 is 34.4 Å². The first-order valence-corrected chi connectivity index (χ1v) is 13.5. The van der Waals surface area contributed by atoms with Crippen molar-refractivity contribution in [1.29, 1.82) is 0 Å². The van der Waals surface area contributed by atoms with Crippen LogP contribution in [0.15, 0.2) is 40.1 Å². The second-order valence-electron chi connectivity index (χ2n) is 7.97. The average Bonchev–Trinajstić information content (AvgIpc) is 3.50. The van der Waals surface area contributed by atoms with E-state index in [0.717, 1.165) is 39.3 Å². The molecule has 1 fully saturated rings. The fourth-order valence-corrected chi connectivity index (χ4v) is 6.80. The number of nitrogens with zero attached hydrogens (tertiary/aromatic N) is 5. The van der Waals surface area contributed by atoms with Crippen molar-refractivity contribution in [1.82, 2.24) is 24.8 Å². The van der Waals surface area contributed by atoms with Crippen molar-refractivity contribution >= 4 is 73.4 Å². The van der Waals surface area contributed by atoms with Crippen molar-refractivity contribution in [3.8, 4) is 0 Å². The summed E-state index contributed by atoms with van der Waals surface area (Å²) in [5.41, 5.74) is 3.62. The summed E-state index contributed by atoms with van der Waals surface area (Å²) < 4.78 is 12.7. The van der Waals surface area contributed by atoms with E-state index in [0.29, 0.717) is 9.24 Å². The maximum atomic E-state index is 13.0. The number of β-lactam (4-membered cyclic amide) rings is 1. The number of anilines is 1. The summed E-state index contributed by atoms with van der Waals surface area (Å²) in [6, 6.07) is -1.88. The third-order valence-electron chi connectivity index (χ3n) is 5.60. The Morgan fingerprint density at radius 2 is 2.12 bits per heavy atom. The molecule has 5 rings (SSSR count). The van der Waals surface area contributed by atoms with Gasteiger partial charge < -0.3 is 20.8 Å². The first kappa shape index (κ1) is 29.9. The minimum Gasteiger partial charge on any atom is -0.857 e. The van der Waals surface area contributed by atoms with Gasteiger partial charge in [0.15, 0.2) is 15.0 Å². The number of rotatable bonds is 9. The first-order valence-electron chi connectivity index (χ1n) is 11.0. The zero-order valence-electron chi connectivity index (χ0n) is 20.4. The monoisotopic (exact) mass is 618 g/mol. The SMILES string of the molecule is Nc1nc(/C(=N\OCCF)C([O-])=N[C@@H]2C(=O)N3C(C(=O)O)=C(Sc4nc5c(=O)[nH]c(=O)[nH]c5s4)CC[C@H]23)cs1.[Na+]. The van der Waals surface area contributed by atoms with E-state index >= 15 is 0 Å². The Labute approximate surface area is 256 Å². The molecule has 2 aliphatic heterocycles. The fourth-order valence-electron chi connectivity index (χ4n) is 4.00. The maximum absolute atomic E-state index is 13.0. The van der Waals surface area contributed by atoms with E-state index in [-0.39, 0.29) is 75.0 Å². The van der Waals surface area contributed by atoms with Crippen molar-refractivity contribution in [3.05, 3.63) is 42.5 Å². The van der Waals surface area contributed by atoms with Crippen molar-refractivity contribution in [2.24, 2.45) is 10.1 Å². The third-order valence-corrected chi connectivity index (χ3v) is 8.45. The van der Waals surface area contributed by atoms with Gasteiger partial charge in [0, 0.05) is 16.2 Å². The number of thioether (sulfide) groups is 1. The van der Waals surface area contributed by atoms with Gasteiger partial charge in [-0.05, 0) is 12.8 Å². The largest absolute Gasteiger partial charge is 1.00 e. The van der Waals surface area contributed by atoms with E-state index in [1.54, 1.807) is 0 Å². The van der Waals surface area contributed by atoms with Gasteiger partial charge in [0.1, 0.15) is 41.3 Å². The van der Waals surface area contributed by atoms with Gasteiger partial charge in [-0.3, -0.25) is 29.4 Å². The maximum Gasteiger partial charge on any atom is 1.00 e. The van der Waals surface area contributed by atoms with Crippen LogP contribution in [0.25, 0.3) is 10.3 Å². The molecule has 0 aromatic carbocycles. The number of halogens is 1. The number of aromatic nitrogens is 4. The van der Waals surface area contributed by atoms with Gasteiger partial charge >= 0.3 is 41.2 Å². The molecule has 2 atom stereocenters. The Bertz CT molecular complexity index is 1700. The number of hydrogen-bond acceptors (Lipinski definition) is 14. The van der Waals surface area contributed by atoms with Gasteiger partial charge in [-0.1, -0.05) is 28.3 Å². The van der Waals surface area contributed by atoms with E-state index in [1.807, 2.05) is 0 Å². The van der Waals surface area contributed by atoms with Crippen molar-refractivity contribution in [2.75, 3.05) is 19.0 Å². The van der Waals surface area contributed by atoms with E-state index in [2.05, 4.69) is 30.1 Å². The van der Waals surface area contributed by atoms with Crippen molar-refractivity contribution in [3.63, 3.8) is 0 Å². The van der Waals surface area contributed by atoms with Gasteiger partial charge in [-0.25, -0.2) is 23.9 Å². The number of allylic oxidation sites excluding steroid dienone is 1. The molecule has 3 aromatic heterocycles. The van der Waals surface area contributed by atoms with E-state index in [4.69, 9.17) is 10.6 Å². The van der Waals surface area contributed by atoms with Crippen molar-refractivity contribution < 1.29 is 58.6 Å². The number of carboxylic acid groups (broad SMARTS) is 1. The molecular formula is C20H16FN8NaO7S3. The number of nitrogens with one attached hydrogen (secondary N) is 2. The summed E-state index contributed by atoms with van der Waals surface area (Å²) in [4.78, 5) is 71.7. The minimum absolute atomic E-state index is 0. The normalized spacial score (nSPS) is 19.3. The number of H-pyrrole nitrogens is 2. The molecule has 40 heavy (non-hydrogen) atoms. The minimum atomic E-state index is -1.37. The molecule has 5 N–H and O–H groups in total. The number of carbonyl (C=O) groups is 2. The van der Waals surface area contributed by atoms with Gasteiger partial charge in [-0.15, -0.1) is 11.3 Å². The summed E-state index contributed by atoms with van der Waals surface area (Å²) in [6.07, 6.45) is 0.496. The number of hydrogen-bond donors (Lipinski definition) is 4. The van der Waals surface area contributed by atoms with Gasteiger partial charge in [0.05, 0.1) is 6.04 Å². The predicted molar refractivity (Wildman–Crippen MR) is 137 cm³/mol. The average molecular weight is 619 g/mol.